The number of aliphatic hydroxyl groups excluding tert-OH is 1. The first-order valence-corrected chi connectivity index (χ1v) is 6.69. The standard InChI is InChI=1S/C14H20O7/c1-13(2,3)12(17)20-10-8(15)9(19-11(10)16)7-6-18-14(4,5)21-7/h7,9,15H,6H2,1-5H3. The summed E-state index contributed by atoms with van der Waals surface area (Å²) in [5, 5.41) is 10.1. The van der Waals surface area contributed by atoms with E-state index in [2.05, 4.69) is 0 Å². The van der Waals surface area contributed by atoms with Crippen LogP contribution in [0.3, 0.4) is 0 Å². The van der Waals surface area contributed by atoms with E-state index >= 15 is 0 Å². The molecule has 2 atom stereocenters. The Bertz CT molecular complexity index is 498. The third kappa shape index (κ3) is 3.19. The molecule has 7 nitrogen and oxygen atoms in total. The van der Waals surface area contributed by atoms with Gasteiger partial charge >= 0.3 is 11.9 Å². The predicted molar refractivity (Wildman–Crippen MR) is 70.0 cm³/mol. The van der Waals surface area contributed by atoms with Crippen LogP contribution in [0.25, 0.3) is 0 Å². The van der Waals surface area contributed by atoms with Gasteiger partial charge in [0.15, 0.2) is 17.7 Å². The van der Waals surface area contributed by atoms with Gasteiger partial charge in [-0.2, -0.15) is 0 Å². The van der Waals surface area contributed by atoms with E-state index in [1.54, 1.807) is 34.6 Å². The number of rotatable bonds is 2. The van der Waals surface area contributed by atoms with Crippen LogP contribution < -0.4 is 0 Å². The minimum Gasteiger partial charge on any atom is -0.505 e. The van der Waals surface area contributed by atoms with Gasteiger partial charge in [0.1, 0.15) is 6.10 Å². The Hall–Kier alpha value is -1.60. The van der Waals surface area contributed by atoms with E-state index in [4.69, 9.17) is 18.9 Å². The number of carbonyl (C=O) groups is 2. The highest BCUT2D eigenvalue weighted by Gasteiger charge is 2.48. The first-order chi connectivity index (χ1) is 9.51. The van der Waals surface area contributed by atoms with Crippen LogP contribution in [0, 0.1) is 5.41 Å². The van der Waals surface area contributed by atoms with Crippen molar-refractivity contribution in [3.05, 3.63) is 11.5 Å². The molecule has 2 aliphatic rings. The van der Waals surface area contributed by atoms with Crippen molar-refractivity contribution in [1.82, 2.24) is 0 Å². The summed E-state index contributed by atoms with van der Waals surface area (Å²) < 4.78 is 20.9. The number of aliphatic hydroxyl groups is 1. The van der Waals surface area contributed by atoms with Gasteiger partial charge in [-0.3, -0.25) is 4.79 Å². The number of esters is 2. The third-order valence-corrected chi connectivity index (χ3v) is 3.10. The van der Waals surface area contributed by atoms with Crippen molar-refractivity contribution in [2.24, 2.45) is 5.41 Å². The summed E-state index contributed by atoms with van der Waals surface area (Å²) in [5.74, 6) is -3.26. The maximum absolute atomic E-state index is 11.8. The largest absolute Gasteiger partial charge is 0.505 e. The normalized spacial score (nSPS) is 28.7. The molecule has 2 aliphatic heterocycles. The van der Waals surface area contributed by atoms with E-state index in [-0.39, 0.29) is 6.61 Å². The molecule has 1 saturated heterocycles. The quantitative estimate of drug-likeness (QED) is 0.771. The summed E-state index contributed by atoms with van der Waals surface area (Å²) >= 11 is 0. The molecular weight excluding hydrogens is 280 g/mol. The molecule has 0 aliphatic carbocycles. The molecule has 118 valence electrons. The fourth-order valence-electron chi connectivity index (χ4n) is 1.91. The fraction of sp³-hybridized carbons (Fsp3) is 0.714. The number of ether oxygens (including phenoxy) is 4. The van der Waals surface area contributed by atoms with E-state index in [0.29, 0.717) is 0 Å². The summed E-state index contributed by atoms with van der Waals surface area (Å²) in [6.45, 7) is 8.51. The van der Waals surface area contributed by atoms with Crippen molar-refractivity contribution < 1.29 is 33.6 Å². The molecule has 1 fully saturated rings. The SMILES string of the molecule is CC1(C)OCC(C2OC(=O)C(OC(=O)C(C)(C)C)=C2O)O1. The van der Waals surface area contributed by atoms with Crippen LogP contribution >= 0.6 is 0 Å². The van der Waals surface area contributed by atoms with Gasteiger partial charge in [-0.15, -0.1) is 0 Å². The first kappa shape index (κ1) is 15.8. The van der Waals surface area contributed by atoms with Crippen LogP contribution in [0.4, 0.5) is 0 Å². The van der Waals surface area contributed by atoms with Crippen LogP contribution in [0.5, 0.6) is 0 Å². The highest BCUT2D eigenvalue weighted by atomic mass is 16.8. The number of cyclic esters (lactones) is 1. The smallest absolute Gasteiger partial charge is 0.378 e. The van der Waals surface area contributed by atoms with Gasteiger partial charge in [0.05, 0.1) is 12.0 Å². The maximum Gasteiger partial charge on any atom is 0.378 e. The molecule has 0 aromatic rings. The molecule has 2 unspecified atom stereocenters. The van der Waals surface area contributed by atoms with E-state index in [0.717, 1.165) is 0 Å². The van der Waals surface area contributed by atoms with Crippen LogP contribution in [0.15, 0.2) is 11.5 Å². The zero-order valence-corrected chi connectivity index (χ0v) is 12.8. The zero-order chi connectivity index (χ0) is 16.0. The molecule has 0 saturated carbocycles. The topological polar surface area (TPSA) is 91.3 Å². The molecule has 0 amide bonds. The fourth-order valence-corrected chi connectivity index (χ4v) is 1.91. The number of hydrogen-bond donors (Lipinski definition) is 1. The molecule has 21 heavy (non-hydrogen) atoms. The van der Waals surface area contributed by atoms with Crippen molar-refractivity contribution in [3.8, 4) is 0 Å². The average Bonchev–Trinajstić information content (AvgIpc) is 2.82. The molecule has 1 N–H and O–H groups in total. The van der Waals surface area contributed by atoms with Gasteiger partial charge in [0.25, 0.3) is 5.76 Å². The van der Waals surface area contributed by atoms with Crippen LogP contribution in [0.2, 0.25) is 0 Å². The predicted octanol–water partition coefficient (Wildman–Crippen LogP) is 1.42. The number of carbonyl (C=O) groups excluding carboxylic acids is 2. The van der Waals surface area contributed by atoms with Crippen molar-refractivity contribution in [2.75, 3.05) is 6.61 Å². The lowest BCUT2D eigenvalue weighted by Crippen LogP contribution is -2.32. The summed E-state index contributed by atoms with van der Waals surface area (Å²) in [5.41, 5.74) is -0.805. The van der Waals surface area contributed by atoms with E-state index in [9.17, 15) is 14.7 Å². The van der Waals surface area contributed by atoms with Gasteiger partial charge in [-0.05, 0) is 34.6 Å². The molecule has 0 aromatic heterocycles. The first-order valence-electron chi connectivity index (χ1n) is 6.69. The Morgan fingerprint density at radius 1 is 1.38 bits per heavy atom. The molecule has 0 spiro atoms. The highest BCUT2D eigenvalue weighted by Crippen LogP contribution is 2.33. The molecule has 0 radical (unpaired) electrons. The van der Waals surface area contributed by atoms with Crippen molar-refractivity contribution >= 4 is 11.9 Å². The Balaban J connectivity index is 2.15. The van der Waals surface area contributed by atoms with E-state index < -0.39 is 46.9 Å². The van der Waals surface area contributed by atoms with E-state index in [1.165, 1.54) is 0 Å². The number of hydrogen-bond acceptors (Lipinski definition) is 7. The summed E-state index contributed by atoms with van der Waals surface area (Å²) in [7, 11) is 0. The van der Waals surface area contributed by atoms with Gasteiger partial charge in [0.2, 0.25) is 0 Å². The Morgan fingerprint density at radius 3 is 2.48 bits per heavy atom. The van der Waals surface area contributed by atoms with Crippen LogP contribution in [-0.2, 0) is 28.5 Å². The summed E-state index contributed by atoms with van der Waals surface area (Å²) in [4.78, 5) is 23.6. The molecule has 2 heterocycles. The lowest BCUT2D eigenvalue weighted by molar-refractivity contribution is -0.164. The van der Waals surface area contributed by atoms with E-state index in [1.807, 2.05) is 0 Å². The molecule has 2 rings (SSSR count). The molecule has 7 heteroatoms. The minimum absolute atomic E-state index is 0.162. The lowest BCUT2D eigenvalue weighted by atomic mass is 9.97. The van der Waals surface area contributed by atoms with Crippen molar-refractivity contribution in [3.63, 3.8) is 0 Å². The summed E-state index contributed by atoms with van der Waals surface area (Å²) in [6, 6.07) is 0. The Kier molecular flexibility index (Phi) is 3.75. The van der Waals surface area contributed by atoms with Gasteiger partial charge in [-0.25, -0.2) is 4.79 Å². The third-order valence-electron chi connectivity index (χ3n) is 3.10. The Labute approximate surface area is 122 Å². The minimum atomic E-state index is -1.03. The maximum atomic E-state index is 11.8. The van der Waals surface area contributed by atoms with Crippen molar-refractivity contribution in [2.45, 2.75) is 52.6 Å². The zero-order valence-electron chi connectivity index (χ0n) is 12.8. The second-order valence-electron chi connectivity index (χ2n) is 6.55. The second kappa shape index (κ2) is 4.99. The molecule has 0 aromatic carbocycles. The average molecular weight is 300 g/mol. The van der Waals surface area contributed by atoms with Gasteiger partial charge < -0.3 is 24.1 Å². The summed E-state index contributed by atoms with van der Waals surface area (Å²) in [6.07, 6.45) is -1.67. The van der Waals surface area contributed by atoms with Gasteiger partial charge in [0, 0.05) is 0 Å². The Morgan fingerprint density at radius 2 is 2.00 bits per heavy atom. The van der Waals surface area contributed by atoms with Gasteiger partial charge in [-0.1, -0.05) is 0 Å². The van der Waals surface area contributed by atoms with Crippen LogP contribution in [-0.4, -0.2) is 41.6 Å². The van der Waals surface area contributed by atoms with Crippen molar-refractivity contribution in [1.29, 1.82) is 0 Å². The molecule has 0 bridgehead atoms. The molecular formula is C14H20O7. The lowest BCUT2D eigenvalue weighted by Gasteiger charge is -2.19. The van der Waals surface area contributed by atoms with Crippen LogP contribution in [0.1, 0.15) is 34.6 Å². The highest BCUT2D eigenvalue weighted by molar-refractivity contribution is 5.93. The monoisotopic (exact) mass is 300 g/mol. The second-order valence-corrected chi connectivity index (χ2v) is 6.55.